The maximum Gasteiger partial charge on any atom is 0.323 e. The maximum absolute atomic E-state index is 11.8. The third kappa shape index (κ3) is 6.84. The average molecular weight is 341 g/mol. The highest BCUT2D eigenvalue weighted by Crippen LogP contribution is 2.04. The van der Waals surface area contributed by atoms with Crippen LogP contribution in [0.3, 0.4) is 0 Å². The first-order valence-electron chi connectivity index (χ1n) is 7.33. The summed E-state index contributed by atoms with van der Waals surface area (Å²) in [5, 5.41) is 0. The summed E-state index contributed by atoms with van der Waals surface area (Å²) in [6.07, 6.45) is 0.324. The van der Waals surface area contributed by atoms with Crippen molar-refractivity contribution >= 4 is 33.6 Å². The van der Waals surface area contributed by atoms with Crippen LogP contribution in [-0.4, -0.2) is 60.0 Å². The molecule has 0 aromatic heterocycles. The third-order valence-electron chi connectivity index (χ3n) is 3.08. The number of hydrogen-bond donors (Lipinski definition) is 1. The van der Waals surface area contributed by atoms with Crippen molar-refractivity contribution in [1.82, 2.24) is 0 Å². The molecule has 128 valence electrons. The summed E-state index contributed by atoms with van der Waals surface area (Å²) in [5.74, 6) is -2.60. The Labute approximate surface area is 148 Å². The minimum atomic E-state index is -1.02. The molecule has 0 bridgehead atoms. The van der Waals surface area contributed by atoms with Crippen molar-refractivity contribution in [3.05, 3.63) is 46.8 Å². The molecule has 2 N–H and O–H groups in total. The molecule has 0 unspecified atom stereocenters. The fourth-order valence-electron chi connectivity index (χ4n) is 1.74. The predicted molar refractivity (Wildman–Crippen MR) is 90.6 cm³/mol. The molecule has 1 aromatic rings. The van der Waals surface area contributed by atoms with Gasteiger partial charge in [-0.15, -0.1) is 0 Å². The molecule has 9 heteroatoms. The monoisotopic (exact) mass is 341 g/mol. The lowest BCUT2D eigenvalue weighted by molar-refractivity contribution is -0.150. The van der Waals surface area contributed by atoms with Gasteiger partial charge in [-0.1, -0.05) is 30.3 Å². The van der Waals surface area contributed by atoms with E-state index in [4.69, 9.17) is 30.9 Å². The fourth-order valence-corrected chi connectivity index (χ4v) is 1.74. The van der Waals surface area contributed by atoms with Crippen molar-refractivity contribution < 1.29 is 28.6 Å². The van der Waals surface area contributed by atoms with Crippen LogP contribution in [-0.2, 0) is 35.0 Å². The van der Waals surface area contributed by atoms with E-state index in [0.717, 1.165) is 12.7 Å². The number of hydrogen-bond acceptors (Lipinski definition) is 7. The normalized spacial score (nSPS) is 12.6. The van der Waals surface area contributed by atoms with Gasteiger partial charge in [0.1, 0.15) is 34.9 Å². The molecule has 7 nitrogen and oxygen atoms in total. The molecule has 0 aliphatic carbocycles. The molecule has 0 aliphatic heterocycles. The summed E-state index contributed by atoms with van der Waals surface area (Å²) in [4.78, 5) is 34.5. The number of ether oxygens (including phenoxy) is 3. The SMILES string of the molecule is [B]/C(C(=O)OC)=C(/[B])C(=O)OCCOC(=O)[C@@H](N)Cc1ccccc1. The summed E-state index contributed by atoms with van der Waals surface area (Å²) in [5.41, 5.74) is 5.50. The lowest BCUT2D eigenvalue weighted by atomic mass is 9.80. The molecule has 25 heavy (non-hydrogen) atoms. The number of esters is 3. The zero-order valence-corrected chi connectivity index (χ0v) is 13.8. The van der Waals surface area contributed by atoms with E-state index in [0.29, 0.717) is 6.42 Å². The maximum atomic E-state index is 11.8. The van der Waals surface area contributed by atoms with Gasteiger partial charge in [0.25, 0.3) is 0 Å². The summed E-state index contributed by atoms with van der Waals surface area (Å²) in [6, 6.07) is 8.38. The van der Waals surface area contributed by atoms with Crippen LogP contribution >= 0.6 is 0 Å². The van der Waals surface area contributed by atoms with Gasteiger partial charge >= 0.3 is 17.9 Å². The third-order valence-corrected chi connectivity index (χ3v) is 3.08. The molecule has 0 fully saturated rings. The Morgan fingerprint density at radius 2 is 1.56 bits per heavy atom. The highest BCUT2D eigenvalue weighted by atomic mass is 16.6. The summed E-state index contributed by atoms with van der Waals surface area (Å²) >= 11 is 0. The van der Waals surface area contributed by atoms with Crippen LogP contribution in [0.2, 0.25) is 0 Å². The van der Waals surface area contributed by atoms with E-state index >= 15 is 0 Å². The summed E-state index contributed by atoms with van der Waals surface area (Å²) < 4.78 is 14.0. The molecule has 0 heterocycles. The molecule has 1 aromatic carbocycles. The number of rotatable bonds is 8. The lowest BCUT2D eigenvalue weighted by Crippen LogP contribution is -2.35. The van der Waals surface area contributed by atoms with Crippen LogP contribution in [0.15, 0.2) is 41.3 Å². The van der Waals surface area contributed by atoms with Crippen LogP contribution in [0.1, 0.15) is 5.56 Å². The number of carbonyl (C=O) groups excluding carboxylic acids is 3. The Kier molecular flexibility index (Phi) is 8.49. The standard InChI is InChI=1S/C16H17B2NO6/c1-23-15(21)12(17)13(18)16(22)25-8-7-24-14(20)11(19)9-10-5-3-2-4-6-10/h2-6,11H,7-9,19H2,1H3/b13-12+/t11-/m0/s1. The van der Waals surface area contributed by atoms with Crippen LogP contribution in [0.5, 0.6) is 0 Å². The second-order valence-electron chi connectivity index (χ2n) is 4.92. The molecule has 0 amide bonds. The molecule has 0 saturated heterocycles. The first-order valence-corrected chi connectivity index (χ1v) is 7.33. The number of methoxy groups -OCH3 is 1. The van der Waals surface area contributed by atoms with E-state index in [1.807, 2.05) is 30.3 Å². The van der Waals surface area contributed by atoms with Gasteiger partial charge in [0.2, 0.25) is 0 Å². The van der Waals surface area contributed by atoms with Gasteiger partial charge in [0, 0.05) is 0 Å². The second kappa shape index (κ2) is 10.4. The Bertz CT molecular complexity index is 647. The van der Waals surface area contributed by atoms with E-state index in [2.05, 4.69) is 4.74 Å². The van der Waals surface area contributed by atoms with Gasteiger partial charge in [-0.05, 0) is 22.9 Å². The quantitative estimate of drug-likeness (QED) is 0.221. The van der Waals surface area contributed by atoms with E-state index in [1.165, 1.54) is 0 Å². The van der Waals surface area contributed by atoms with Crippen molar-refractivity contribution in [3.63, 3.8) is 0 Å². The smallest absolute Gasteiger partial charge is 0.323 e. The van der Waals surface area contributed by atoms with Crippen LogP contribution in [0.25, 0.3) is 0 Å². The first kappa shape index (κ1) is 20.5. The van der Waals surface area contributed by atoms with E-state index in [1.54, 1.807) is 0 Å². The molecule has 0 aliphatic rings. The number of nitrogens with two attached hydrogens (primary N) is 1. The minimum absolute atomic E-state index is 0.210. The predicted octanol–water partition coefficient (Wildman–Crippen LogP) is -0.636. The van der Waals surface area contributed by atoms with Gasteiger partial charge in [0.15, 0.2) is 0 Å². The lowest BCUT2D eigenvalue weighted by Gasteiger charge is -2.12. The van der Waals surface area contributed by atoms with E-state index < -0.39 is 34.9 Å². The molecule has 1 rings (SSSR count). The molecule has 4 radical (unpaired) electrons. The van der Waals surface area contributed by atoms with Crippen molar-refractivity contribution in [2.45, 2.75) is 12.5 Å². The van der Waals surface area contributed by atoms with Gasteiger partial charge in [-0.2, -0.15) is 0 Å². The van der Waals surface area contributed by atoms with E-state index in [9.17, 15) is 14.4 Å². The van der Waals surface area contributed by atoms with E-state index in [-0.39, 0.29) is 13.2 Å². The largest absolute Gasteiger partial charge is 0.466 e. The fraction of sp³-hybridized carbons (Fsp3) is 0.312. The summed E-state index contributed by atoms with van der Waals surface area (Å²) in [7, 11) is 11.8. The molecule has 0 saturated carbocycles. The molecule has 1 atom stereocenters. The second-order valence-corrected chi connectivity index (χ2v) is 4.92. The molecular weight excluding hydrogens is 324 g/mol. The molecule has 0 spiro atoms. The topological polar surface area (TPSA) is 105 Å². The first-order chi connectivity index (χ1) is 11.9. The Morgan fingerprint density at radius 3 is 2.16 bits per heavy atom. The van der Waals surface area contributed by atoms with Crippen molar-refractivity contribution in [2.24, 2.45) is 5.73 Å². The Balaban J connectivity index is 2.36. The van der Waals surface area contributed by atoms with Gasteiger partial charge in [-0.25, -0.2) is 9.59 Å². The zero-order chi connectivity index (χ0) is 18.8. The van der Waals surface area contributed by atoms with Gasteiger partial charge in [-0.3, -0.25) is 4.79 Å². The van der Waals surface area contributed by atoms with Gasteiger partial charge in [0.05, 0.1) is 7.11 Å². The Hall–Kier alpha value is -2.54. The van der Waals surface area contributed by atoms with Crippen molar-refractivity contribution in [2.75, 3.05) is 20.3 Å². The number of carbonyl (C=O) groups is 3. The van der Waals surface area contributed by atoms with Crippen molar-refractivity contribution in [1.29, 1.82) is 0 Å². The Morgan fingerprint density at radius 1 is 1.00 bits per heavy atom. The summed E-state index contributed by atoms with van der Waals surface area (Å²) in [6.45, 7) is -0.476. The zero-order valence-electron chi connectivity index (χ0n) is 13.8. The minimum Gasteiger partial charge on any atom is -0.466 e. The number of benzene rings is 1. The van der Waals surface area contributed by atoms with Crippen LogP contribution < -0.4 is 5.73 Å². The van der Waals surface area contributed by atoms with Crippen LogP contribution in [0.4, 0.5) is 0 Å². The highest BCUT2D eigenvalue weighted by Gasteiger charge is 2.17. The molecular formula is C16H17B2NO6. The highest BCUT2D eigenvalue weighted by molar-refractivity contribution is 6.47. The van der Waals surface area contributed by atoms with Crippen LogP contribution in [0, 0.1) is 0 Å². The average Bonchev–Trinajstić information content (AvgIpc) is 2.63. The van der Waals surface area contributed by atoms with Gasteiger partial charge < -0.3 is 19.9 Å². The van der Waals surface area contributed by atoms with Crippen molar-refractivity contribution in [3.8, 4) is 0 Å².